The Bertz CT molecular complexity index is 1320. The molecule has 2 N–H and O–H groups in total. The van der Waals surface area contributed by atoms with Gasteiger partial charge in [-0.3, -0.25) is 4.79 Å². The van der Waals surface area contributed by atoms with Crippen molar-refractivity contribution in [2.45, 2.75) is 68.3 Å². The Kier molecular flexibility index (Phi) is 6.96. The van der Waals surface area contributed by atoms with Crippen molar-refractivity contribution in [1.82, 2.24) is 4.31 Å². The maximum atomic E-state index is 13.4. The minimum absolute atomic E-state index is 0. The maximum absolute atomic E-state index is 13.4. The number of hydrogen-bond donors (Lipinski definition) is 0. The number of carbonyl (C=O) groups is 1. The van der Waals surface area contributed by atoms with Crippen LogP contribution in [0.15, 0.2) is 71.6 Å². The SMILES string of the molecule is CC1CCC(C)N1S(=O)c1ccc(-c2cccc(CC(=O)C3(c4ccc5c(c4)OCO5)CC3)c2)cc1.O. The number of benzene rings is 3. The molecule has 3 aromatic rings. The summed E-state index contributed by atoms with van der Waals surface area (Å²) in [6.07, 6.45) is 4.32. The van der Waals surface area contributed by atoms with Crippen LogP contribution in [0.2, 0.25) is 0 Å². The summed E-state index contributed by atoms with van der Waals surface area (Å²) < 4.78 is 26.2. The zero-order valence-electron chi connectivity index (χ0n) is 21.2. The number of nitrogens with zero attached hydrogens (tertiary/aromatic N) is 1. The molecule has 7 heteroatoms. The molecule has 6 nitrogen and oxygen atoms in total. The Balaban J connectivity index is 0.00000280. The van der Waals surface area contributed by atoms with Gasteiger partial charge in [0.05, 0.1) is 10.3 Å². The third kappa shape index (κ3) is 4.72. The van der Waals surface area contributed by atoms with E-state index in [1.165, 1.54) is 0 Å². The van der Waals surface area contributed by atoms with Gasteiger partial charge in [-0.1, -0.05) is 42.5 Å². The van der Waals surface area contributed by atoms with Gasteiger partial charge in [-0.05, 0) is 86.1 Å². The lowest BCUT2D eigenvalue weighted by atomic mass is 9.87. The summed E-state index contributed by atoms with van der Waals surface area (Å²) in [5.41, 5.74) is 3.75. The number of ether oxygens (including phenoxy) is 2. The van der Waals surface area contributed by atoms with Crippen LogP contribution in [0.3, 0.4) is 0 Å². The molecule has 1 aliphatic carbocycles. The third-order valence-corrected chi connectivity index (χ3v) is 9.73. The first-order chi connectivity index (χ1) is 17.4. The fourth-order valence-electron chi connectivity index (χ4n) is 5.65. The molecule has 1 saturated heterocycles. The predicted octanol–water partition coefficient (Wildman–Crippen LogP) is 5.00. The molecular formula is C30H33NO5S. The van der Waals surface area contributed by atoms with Crippen molar-refractivity contribution in [3.8, 4) is 22.6 Å². The fraction of sp³-hybridized carbons (Fsp3) is 0.367. The van der Waals surface area contributed by atoms with Crippen molar-refractivity contribution in [2.24, 2.45) is 0 Å². The Morgan fingerprint density at radius 3 is 2.32 bits per heavy atom. The van der Waals surface area contributed by atoms with E-state index in [-0.39, 0.29) is 18.1 Å². The van der Waals surface area contributed by atoms with Crippen molar-refractivity contribution in [1.29, 1.82) is 0 Å². The van der Waals surface area contributed by atoms with Crippen molar-refractivity contribution >= 4 is 16.8 Å². The summed E-state index contributed by atoms with van der Waals surface area (Å²) in [6, 6.07) is 22.8. The van der Waals surface area contributed by atoms with Crippen LogP contribution in [0.25, 0.3) is 11.1 Å². The Labute approximate surface area is 220 Å². The molecule has 3 atom stereocenters. The highest BCUT2D eigenvalue weighted by Gasteiger charge is 2.50. The summed E-state index contributed by atoms with van der Waals surface area (Å²) in [4.78, 5) is 14.3. The van der Waals surface area contributed by atoms with Gasteiger partial charge in [-0.15, -0.1) is 0 Å². The normalized spacial score (nSPS) is 22.3. The van der Waals surface area contributed by atoms with Gasteiger partial charge in [-0.2, -0.15) is 0 Å². The van der Waals surface area contributed by atoms with Crippen LogP contribution < -0.4 is 9.47 Å². The molecule has 6 rings (SSSR count). The van der Waals surface area contributed by atoms with Gasteiger partial charge < -0.3 is 14.9 Å². The van der Waals surface area contributed by atoms with Gasteiger partial charge in [0.15, 0.2) is 11.5 Å². The van der Waals surface area contributed by atoms with Crippen LogP contribution in [-0.4, -0.2) is 38.7 Å². The van der Waals surface area contributed by atoms with Crippen LogP contribution in [-0.2, 0) is 27.6 Å². The van der Waals surface area contributed by atoms with Crippen LogP contribution in [0.5, 0.6) is 11.5 Å². The van der Waals surface area contributed by atoms with Crippen molar-refractivity contribution in [3.05, 3.63) is 77.9 Å². The average Bonchev–Trinajstić information content (AvgIpc) is 3.46. The predicted molar refractivity (Wildman–Crippen MR) is 144 cm³/mol. The molecule has 0 aromatic heterocycles. The number of carbonyl (C=O) groups excluding carboxylic acids is 1. The first kappa shape index (κ1) is 25.6. The molecule has 3 unspecified atom stereocenters. The fourth-order valence-corrected chi connectivity index (χ4v) is 7.12. The first-order valence-corrected chi connectivity index (χ1v) is 13.9. The second-order valence-corrected chi connectivity index (χ2v) is 11.8. The average molecular weight is 520 g/mol. The minimum Gasteiger partial charge on any atom is -0.454 e. The lowest BCUT2D eigenvalue weighted by molar-refractivity contribution is -0.120. The molecule has 0 amide bonds. The highest BCUT2D eigenvalue weighted by molar-refractivity contribution is 7.82. The van der Waals surface area contributed by atoms with Crippen molar-refractivity contribution in [2.75, 3.05) is 6.79 Å². The molecular weight excluding hydrogens is 486 g/mol. The van der Waals surface area contributed by atoms with Gasteiger partial charge in [0.1, 0.15) is 16.8 Å². The van der Waals surface area contributed by atoms with E-state index < -0.39 is 16.4 Å². The van der Waals surface area contributed by atoms with Gasteiger partial charge >= 0.3 is 0 Å². The van der Waals surface area contributed by atoms with Gasteiger partial charge in [0.25, 0.3) is 0 Å². The molecule has 2 aliphatic heterocycles. The number of Topliss-reactive ketones (excluding diaryl/α,β-unsaturated/α-hetero) is 1. The highest BCUT2D eigenvalue weighted by atomic mass is 32.2. The molecule has 2 fully saturated rings. The Hall–Kier alpha value is -3.00. The summed E-state index contributed by atoms with van der Waals surface area (Å²) in [6.45, 7) is 4.54. The zero-order chi connectivity index (χ0) is 24.9. The first-order valence-electron chi connectivity index (χ1n) is 12.8. The van der Waals surface area contributed by atoms with Gasteiger partial charge in [0.2, 0.25) is 6.79 Å². The molecule has 37 heavy (non-hydrogen) atoms. The largest absolute Gasteiger partial charge is 0.454 e. The third-order valence-electron chi connectivity index (χ3n) is 7.95. The van der Waals surface area contributed by atoms with E-state index in [9.17, 15) is 9.00 Å². The zero-order valence-corrected chi connectivity index (χ0v) is 22.1. The summed E-state index contributed by atoms with van der Waals surface area (Å²) in [5, 5.41) is 0. The molecule has 3 aliphatic rings. The number of fused-ring (bicyclic) bond motifs is 1. The van der Waals surface area contributed by atoms with Gasteiger partial charge in [0, 0.05) is 18.5 Å². The summed E-state index contributed by atoms with van der Waals surface area (Å²) >= 11 is 0. The number of hydrogen-bond acceptors (Lipinski definition) is 4. The van der Waals surface area contributed by atoms with E-state index in [1.54, 1.807) is 0 Å². The van der Waals surface area contributed by atoms with Crippen LogP contribution in [0.4, 0.5) is 0 Å². The van der Waals surface area contributed by atoms with Crippen LogP contribution in [0, 0.1) is 0 Å². The van der Waals surface area contributed by atoms with Crippen LogP contribution >= 0.6 is 0 Å². The van der Waals surface area contributed by atoms with E-state index in [0.717, 1.165) is 64.3 Å². The van der Waals surface area contributed by atoms with Crippen molar-refractivity contribution in [3.63, 3.8) is 0 Å². The quantitative estimate of drug-likeness (QED) is 0.440. The highest BCUT2D eigenvalue weighted by Crippen LogP contribution is 2.51. The smallest absolute Gasteiger partial charge is 0.231 e. The Morgan fingerprint density at radius 1 is 0.919 bits per heavy atom. The van der Waals surface area contributed by atoms with Crippen molar-refractivity contribution < 1.29 is 24.0 Å². The second-order valence-electron chi connectivity index (χ2n) is 10.4. The van der Waals surface area contributed by atoms with Gasteiger partial charge in [-0.25, -0.2) is 8.51 Å². The van der Waals surface area contributed by atoms with E-state index in [1.807, 2.05) is 54.6 Å². The minimum atomic E-state index is -1.15. The van der Waals surface area contributed by atoms with E-state index in [0.29, 0.717) is 18.5 Å². The monoisotopic (exact) mass is 519 g/mol. The standard InChI is InChI=1S/C30H31NO4S.H2O/c1-20-6-7-21(2)31(20)36(33)26-11-8-23(9-12-26)24-5-3-4-22(16-24)17-29(32)30(14-15-30)25-10-13-27-28(18-25)35-19-34-27;/h3-5,8-13,16,18,20-21H,6-7,14-15,17,19H2,1-2H3;1H2. The van der Waals surface area contributed by atoms with E-state index in [2.05, 4.69) is 30.3 Å². The molecule has 194 valence electrons. The molecule has 2 heterocycles. The summed E-state index contributed by atoms with van der Waals surface area (Å²) in [7, 11) is -1.15. The molecule has 3 aromatic carbocycles. The topological polar surface area (TPSA) is 87.3 Å². The maximum Gasteiger partial charge on any atom is 0.231 e. The summed E-state index contributed by atoms with van der Waals surface area (Å²) in [5.74, 6) is 1.72. The molecule has 1 saturated carbocycles. The van der Waals surface area contributed by atoms with Crippen LogP contribution in [0.1, 0.15) is 50.7 Å². The lowest BCUT2D eigenvalue weighted by Gasteiger charge is -2.24. The molecule has 0 bridgehead atoms. The second kappa shape index (κ2) is 10.0. The molecule has 0 radical (unpaired) electrons. The number of ketones is 1. The molecule has 0 spiro atoms. The lowest BCUT2D eigenvalue weighted by Crippen LogP contribution is -2.34. The number of rotatable bonds is 7. The Morgan fingerprint density at radius 2 is 1.62 bits per heavy atom. The van der Waals surface area contributed by atoms with E-state index in [4.69, 9.17) is 9.47 Å². The van der Waals surface area contributed by atoms with E-state index >= 15 is 0 Å².